The fourth-order valence-corrected chi connectivity index (χ4v) is 3.27. The van der Waals surface area contributed by atoms with Gasteiger partial charge in [-0.15, -0.1) is 0 Å². The summed E-state index contributed by atoms with van der Waals surface area (Å²) in [5.74, 6) is 0.200. The highest BCUT2D eigenvalue weighted by Crippen LogP contribution is 2.31. The molecule has 0 aliphatic carbocycles. The summed E-state index contributed by atoms with van der Waals surface area (Å²) in [6, 6.07) is 14.4. The van der Waals surface area contributed by atoms with Crippen molar-refractivity contribution in [2.75, 3.05) is 20.3 Å². The van der Waals surface area contributed by atoms with E-state index in [1.54, 1.807) is 14.0 Å². The Labute approximate surface area is 171 Å². The molecule has 1 N–H and O–H groups in total. The molecular weight excluding hydrogens is 368 g/mol. The van der Waals surface area contributed by atoms with Crippen LogP contribution in [-0.2, 0) is 9.53 Å². The molecule has 1 heterocycles. The second-order valence-electron chi connectivity index (χ2n) is 7.04. The van der Waals surface area contributed by atoms with Crippen molar-refractivity contribution < 1.29 is 19.1 Å². The number of benzene rings is 2. The van der Waals surface area contributed by atoms with Crippen molar-refractivity contribution in [1.82, 2.24) is 10.2 Å². The predicted octanol–water partition coefficient (Wildman–Crippen LogP) is 3.90. The molecule has 1 aliphatic rings. The van der Waals surface area contributed by atoms with Crippen LogP contribution in [0.15, 0.2) is 59.8 Å². The average molecular weight is 394 g/mol. The summed E-state index contributed by atoms with van der Waals surface area (Å²) in [4.78, 5) is 26.9. The van der Waals surface area contributed by atoms with Crippen LogP contribution in [0.25, 0.3) is 0 Å². The van der Waals surface area contributed by atoms with E-state index >= 15 is 0 Å². The van der Waals surface area contributed by atoms with Crippen LogP contribution in [0.3, 0.4) is 0 Å². The minimum atomic E-state index is -0.603. The molecule has 1 unspecified atom stereocenters. The highest BCUT2D eigenvalue weighted by atomic mass is 16.5. The number of nitrogens with zero attached hydrogens (tertiary/aromatic N) is 1. The summed E-state index contributed by atoms with van der Waals surface area (Å²) in [5.41, 5.74) is 3.85. The number of amides is 2. The minimum absolute atomic E-state index is 0.0729. The van der Waals surface area contributed by atoms with E-state index < -0.39 is 12.0 Å². The molecule has 0 aromatic heterocycles. The predicted molar refractivity (Wildman–Crippen MR) is 111 cm³/mol. The first-order chi connectivity index (χ1) is 13.9. The Hall–Kier alpha value is -3.28. The van der Waals surface area contributed by atoms with Crippen molar-refractivity contribution in [3.05, 3.63) is 76.5 Å². The summed E-state index contributed by atoms with van der Waals surface area (Å²) in [7, 11) is 1.62. The van der Waals surface area contributed by atoms with E-state index in [2.05, 4.69) is 5.32 Å². The lowest BCUT2D eigenvalue weighted by atomic mass is 9.94. The zero-order valence-electron chi connectivity index (χ0n) is 17.2. The quantitative estimate of drug-likeness (QED) is 0.755. The van der Waals surface area contributed by atoms with Gasteiger partial charge < -0.3 is 14.8 Å². The van der Waals surface area contributed by atoms with E-state index in [-0.39, 0.29) is 19.2 Å². The van der Waals surface area contributed by atoms with Crippen LogP contribution in [0.5, 0.6) is 5.75 Å². The Morgan fingerprint density at radius 3 is 2.48 bits per heavy atom. The van der Waals surface area contributed by atoms with Crippen molar-refractivity contribution in [3.63, 3.8) is 0 Å². The number of aryl methyl sites for hydroxylation is 2. The van der Waals surface area contributed by atoms with Crippen LogP contribution in [0.2, 0.25) is 0 Å². The number of esters is 1. The van der Waals surface area contributed by atoms with Gasteiger partial charge in [-0.1, -0.05) is 47.5 Å². The number of rotatable bonds is 6. The Balaban J connectivity index is 2.02. The van der Waals surface area contributed by atoms with E-state index in [0.717, 1.165) is 16.7 Å². The van der Waals surface area contributed by atoms with Gasteiger partial charge in [0.05, 0.1) is 23.9 Å². The van der Waals surface area contributed by atoms with Crippen molar-refractivity contribution in [3.8, 4) is 5.75 Å². The zero-order valence-corrected chi connectivity index (χ0v) is 17.2. The Kier molecular flexibility index (Phi) is 6.22. The highest BCUT2D eigenvalue weighted by molar-refractivity contribution is 5.95. The van der Waals surface area contributed by atoms with E-state index in [1.165, 1.54) is 4.90 Å². The van der Waals surface area contributed by atoms with Gasteiger partial charge in [0, 0.05) is 7.05 Å². The molecule has 0 saturated heterocycles. The Bertz CT molecular complexity index is 934. The molecule has 3 rings (SSSR count). The number of nitrogens with one attached hydrogen (secondary N) is 1. The minimum Gasteiger partial charge on any atom is -0.487 e. The first-order valence-corrected chi connectivity index (χ1v) is 9.61. The molecule has 0 radical (unpaired) electrons. The molecule has 0 spiro atoms. The van der Waals surface area contributed by atoms with Crippen LogP contribution in [0.4, 0.5) is 4.79 Å². The largest absolute Gasteiger partial charge is 0.487 e. The number of carbonyl (C=O) groups excluding carboxylic acids is 2. The van der Waals surface area contributed by atoms with E-state index in [9.17, 15) is 9.59 Å². The maximum absolute atomic E-state index is 12.9. The number of hydrogen-bond acceptors (Lipinski definition) is 4. The molecule has 2 aromatic carbocycles. The third kappa shape index (κ3) is 4.59. The molecule has 0 fully saturated rings. The molecule has 29 heavy (non-hydrogen) atoms. The number of likely N-dealkylation sites (N-methyl/N-ethyl adjacent to an activating group) is 1. The molecule has 152 valence electrons. The topological polar surface area (TPSA) is 67.9 Å². The molecule has 2 amide bonds. The molecular formula is C23H26N2O4. The van der Waals surface area contributed by atoms with Crippen molar-refractivity contribution in [2.45, 2.75) is 26.8 Å². The van der Waals surface area contributed by atoms with Gasteiger partial charge in [-0.3, -0.25) is 4.90 Å². The summed E-state index contributed by atoms with van der Waals surface area (Å²) in [6.07, 6.45) is 0. The van der Waals surface area contributed by atoms with Crippen molar-refractivity contribution in [1.29, 1.82) is 0 Å². The third-order valence-corrected chi connectivity index (χ3v) is 4.84. The number of ether oxygens (including phenoxy) is 2. The molecule has 1 atom stereocenters. The number of hydrogen-bond donors (Lipinski definition) is 1. The third-order valence-electron chi connectivity index (χ3n) is 4.84. The summed E-state index contributed by atoms with van der Waals surface area (Å²) >= 11 is 0. The first-order valence-electron chi connectivity index (χ1n) is 9.61. The van der Waals surface area contributed by atoms with Gasteiger partial charge in [0.2, 0.25) is 0 Å². The van der Waals surface area contributed by atoms with Crippen LogP contribution in [0, 0.1) is 13.8 Å². The number of carbonyl (C=O) groups is 2. The van der Waals surface area contributed by atoms with Crippen LogP contribution in [0.1, 0.15) is 29.7 Å². The van der Waals surface area contributed by atoms with Gasteiger partial charge in [0.1, 0.15) is 12.4 Å². The molecule has 1 aliphatic heterocycles. The lowest BCUT2D eigenvalue weighted by Crippen LogP contribution is -2.48. The zero-order chi connectivity index (χ0) is 21.0. The van der Waals surface area contributed by atoms with Gasteiger partial charge >= 0.3 is 12.0 Å². The first kappa shape index (κ1) is 20.5. The van der Waals surface area contributed by atoms with Gasteiger partial charge in [0.15, 0.2) is 0 Å². The molecule has 6 nitrogen and oxygen atoms in total. The van der Waals surface area contributed by atoms with Gasteiger partial charge in [-0.25, -0.2) is 9.59 Å². The molecule has 0 bridgehead atoms. The SMILES string of the molecule is CCOC(=O)C1=C(COc2ccc(C)cc2)N(C)C(=O)NC1c1cccc(C)c1. The highest BCUT2D eigenvalue weighted by Gasteiger charge is 2.37. The lowest BCUT2D eigenvalue weighted by molar-refractivity contribution is -0.139. The molecule has 2 aromatic rings. The summed E-state index contributed by atoms with van der Waals surface area (Å²) < 4.78 is 11.2. The standard InChI is InChI=1S/C23H26N2O4/c1-5-28-22(26)20-19(14-29-18-11-9-15(2)10-12-18)25(4)23(27)24-21(20)17-8-6-7-16(3)13-17/h6-13,21H,5,14H2,1-4H3,(H,24,27). The second kappa shape index (κ2) is 8.82. The Morgan fingerprint density at radius 1 is 1.10 bits per heavy atom. The van der Waals surface area contributed by atoms with E-state index in [1.807, 2.05) is 62.4 Å². The average Bonchev–Trinajstić information content (AvgIpc) is 2.70. The fraction of sp³-hybridized carbons (Fsp3) is 0.304. The maximum atomic E-state index is 12.9. The van der Waals surface area contributed by atoms with Gasteiger partial charge in [-0.2, -0.15) is 0 Å². The van der Waals surface area contributed by atoms with E-state index in [0.29, 0.717) is 17.0 Å². The van der Waals surface area contributed by atoms with Gasteiger partial charge in [0.25, 0.3) is 0 Å². The van der Waals surface area contributed by atoms with Gasteiger partial charge in [-0.05, 0) is 38.5 Å². The fourth-order valence-electron chi connectivity index (χ4n) is 3.27. The summed E-state index contributed by atoms with van der Waals surface area (Å²) in [5, 5.41) is 2.91. The normalized spacial score (nSPS) is 16.5. The van der Waals surface area contributed by atoms with Crippen LogP contribution < -0.4 is 10.1 Å². The van der Waals surface area contributed by atoms with Crippen LogP contribution >= 0.6 is 0 Å². The second-order valence-corrected chi connectivity index (χ2v) is 7.04. The monoisotopic (exact) mass is 394 g/mol. The molecule has 6 heteroatoms. The lowest BCUT2D eigenvalue weighted by Gasteiger charge is -2.34. The maximum Gasteiger partial charge on any atom is 0.338 e. The number of urea groups is 1. The van der Waals surface area contributed by atoms with E-state index in [4.69, 9.17) is 9.47 Å². The van der Waals surface area contributed by atoms with Crippen molar-refractivity contribution in [2.24, 2.45) is 0 Å². The smallest absolute Gasteiger partial charge is 0.338 e. The Morgan fingerprint density at radius 2 is 1.83 bits per heavy atom. The molecule has 0 saturated carbocycles. The van der Waals surface area contributed by atoms with Crippen LogP contribution in [-0.4, -0.2) is 37.2 Å². The summed E-state index contributed by atoms with van der Waals surface area (Å²) in [6.45, 7) is 6.04. The van der Waals surface area contributed by atoms with Crippen molar-refractivity contribution >= 4 is 12.0 Å².